The third-order valence-corrected chi connectivity index (χ3v) is 7.98. The molecule has 0 saturated heterocycles. The summed E-state index contributed by atoms with van der Waals surface area (Å²) < 4.78 is 0. The molecule has 36 heavy (non-hydrogen) atoms. The molecule has 1 aromatic rings. The molecule has 1 fully saturated rings. The molecule has 0 aromatic heterocycles. The Kier molecular flexibility index (Phi) is 20.0. The van der Waals surface area contributed by atoms with Crippen molar-refractivity contribution < 1.29 is 0 Å². The Balaban J connectivity index is 1.35. The fourth-order valence-corrected chi connectivity index (χ4v) is 5.55. The Labute approximate surface area is 225 Å². The first kappa shape index (κ1) is 31.2. The van der Waals surface area contributed by atoms with Crippen LogP contribution < -0.4 is 16.0 Å². The van der Waals surface area contributed by atoms with Gasteiger partial charge in [-0.25, -0.2) is 0 Å². The summed E-state index contributed by atoms with van der Waals surface area (Å²) in [5.74, 6) is 0. The Morgan fingerprint density at radius 3 is 1.69 bits per heavy atom. The molecule has 3 heteroatoms. The van der Waals surface area contributed by atoms with Gasteiger partial charge in [0.15, 0.2) is 0 Å². The highest BCUT2D eigenvalue weighted by atomic mass is 15.0. The van der Waals surface area contributed by atoms with Crippen molar-refractivity contribution >= 4 is 5.69 Å². The van der Waals surface area contributed by atoms with Crippen LogP contribution in [-0.4, -0.2) is 25.7 Å². The van der Waals surface area contributed by atoms with Crippen molar-refractivity contribution in [2.75, 3.05) is 25.0 Å². The Morgan fingerprint density at radius 2 is 1.11 bits per heavy atom. The maximum atomic E-state index is 3.77. The van der Waals surface area contributed by atoms with E-state index in [0.29, 0.717) is 0 Å². The second kappa shape index (κ2) is 23.1. The smallest absolute Gasteiger partial charge is 0.0340 e. The molecule has 0 heterocycles. The number of hydrogen-bond donors (Lipinski definition) is 3. The van der Waals surface area contributed by atoms with Gasteiger partial charge in [-0.15, -0.1) is 0 Å². The van der Waals surface area contributed by atoms with Gasteiger partial charge >= 0.3 is 0 Å². The van der Waals surface area contributed by atoms with Gasteiger partial charge in [0.05, 0.1) is 0 Å². The highest BCUT2D eigenvalue weighted by Gasteiger charge is 2.09. The summed E-state index contributed by atoms with van der Waals surface area (Å²) in [5.41, 5.74) is 2.64. The van der Waals surface area contributed by atoms with E-state index in [1.54, 1.807) is 0 Å². The van der Waals surface area contributed by atoms with E-state index >= 15 is 0 Å². The van der Waals surface area contributed by atoms with Crippen molar-refractivity contribution in [1.29, 1.82) is 0 Å². The highest BCUT2D eigenvalue weighted by molar-refractivity contribution is 5.44. The van der Waals surface area contributed by atoms with Crippen molar-refractivity contribution in [2.45, 2.75) is 154 Å². The molecule has 0 atom stereocenters. The van der Waals surface area contributed by atoms with Gasteiger partial charge in [-0.3, -0.25) is 0 Å². The first-order valence-corrected chi connectivity index (χ1v) is 16.2. The van der Waals surface area contributed by atoms with E-state index in [4.69, 9.17) is 0 Å². The minimum atomic E-state index is 0.747. The summed E-state index contributed by atoms with van der Waals surface area (Å²) in [6.07, 6.45) is 29.8. The van der Waals surface area contributed by atoms with Gasteiger partial charge in [0.2, 0.25) is 0 Å². The zero-order valence-corrected chi connectivity index (χ0v) is 24.1. The lowest BCUT2D eigenvalue weighted by atomic mass is 9.97. The van der Waals surface area contributed by atoms with E-state index in [9.17, 15) is 0 Å². The van der Waals surface area contributed by atoms with Crippen LogP contribution in [-0.2, 0) is 6.54 Å². The summed E-state index contributed by atoms with van der Waals surface area (Å²) >= 11 is 0. The molecule has 208 valence electrons. The Morgan fingerprint density at radius 1 is 0.583 bits per heavy atom. The lowest BCUT2D eigenvalue weighted by Crippen LogP contribution is -2.35. The lowest BCUT2D eigenvalue weighted by Gasteiger charge is -2.21. The molecule has 1 aliphatic rings. The van der Waals surface area contributed by atoms with Gasteiger partial charge in [0.1, 0.15) is 0 Å². The fraction of sp³-hybridized carbons (Fsp3) is 0.818. The van der Waals surface area contributed by atoms with E-state index in [1.165, 1.54) is 146 Å². The third-order valence-electron chi connectivity index (χ3n) is 7.98. The molecule has 2 rings (SSSR count). The predicted octanol–water partition coefficient (Wildman–Crippen LogP) is 9.37. The predicted molar refractivity (Wildman–Crippen MR) is 161 cm³/mol. The van der Waals surface area contributed by atoms with Crippen LogP contribution in [0.2, 0.25) is 0 Å². The largest absolute Gasteiger partial charge is 0.385 e. The number of hydrogen-bond acceptors (Lipinski definition) is 3. The number of nitrogens with one attached hydrogen (secondary N) is 3. The first-order chi connectivity index (χ1) is 17.9. The van der Waals surface area contributed by atoms with E-state index in [-0.39, 0.29) is 0 Å². The van der Waals surface area contributed by atoms with Gasteiger partial charge in [-0.2, -0.15) is 0 Å². The lowest BCUT2D eigenvalue weighted by molar-refractivity contribution is 0.388. The standard InChI is InChI=1S/C33H61N3/c1-2-3-4-5-6-7-8-9-10-11-12-13-17-20-27-35-33-25-23-31(24-26-33)30-34-28-29-36-32-21-18-15-14-16-19-22-32/h23-26,32,34-36H,2-22,27-30H2,1H3. The van der Waals surface area contributed by atoms with E-state index in [0.717, 1.165) is 32.2 Å². The minimum Gasteiger partial charge on any atom is -0.385 e. The van der Waals surface area contributed by atoms with E-state index in [2.05, 4.69) is 47.1 Å². The molecule has 1 saturated carbocycles. The average molecular weight is 500 g/mol. The van der Waals surface area contributed by atoms with Crippen molar-refractivity contribution in [3.8, 4) is 0 Å². The second-order valence-electron chi connectivity index (χ2n) is 11.4. The monoisotopic (exact) mass is 499 g/mol. The molecule has 3 N–H and O–H groups in total. The van der Waals surface area contributed by atoms with Gasteiger partial charge in [-0.05, 0) is 37.0 Å². The van der Waals surface area contributed by atoms with E-state index < -0.39 is 0 Å². The van der Waals surface area contributed by atoms with Crippen molar-refractivity contribution in [1.82, 2.24) is 10.6 Å². The molecule has 0 spiro atoms. The third kappa shape index (κ3) is 17.4. The minimum absolute atomic E-state index is 0.747. The summed E-state index contributed by atoms with van der Waals surface area (Å²) in [4.78, 5) is 0. The Hall–Kier alpha value is -1.06. The fourth-order valence-electron chi connectivity index (χ4n) is 5.55. The zero-order valence-electron chi connectivity index (χ0n) is 24.1. The molecule has 0 unspecified atom stereocenters. The highest BCUT2D eigenvalue weighted by Crippen LogP contribution is 2.17. The van der Waals surface area contributed by atoms with Crippen molar-refractivity contribution in [3.05, 3.63) is 29.8 Å². The second-order valence-corrected chi connectivity index (χ2v) is 11.4. The topological polar surface area (TPSA) is 36.1 Å². The van der Waals surface area contributed by atoms with E-state index in [1.807, 2.05) is 0 Å². The molecule has 1 aromatic carbocycles. The van der Waals surface area contributed by atoms with Crippen LogP contribution in [0.5, 0.6) is 0 Å². The summed E-state index contributed by atoms with van der Waals surface area (Å²) in [7, 11) is 0. The van der Waals surface area contributed by atoms with Crippen LogP contribution in [0.1, 0.15) is 147 Å². The number of benzene rings is 1. The van der Waals surface area contributed by atoms with Crippen LogP contribution in [0.15, 0.2) is 24.3 Å². The molecular weight excluding hydrogens is 438 g/mol. The average Bonchev–Trinajstić information content (AvgIpc) is 2.88. The van der Waals surface area contributed by atoms with Crippen LogP contribution in [0, 0.1) is 0 Å². The molecule has 0 amide bonds. The zero-order chi connectivity index (χ0) is 25.4. The number of unbranched alkanes of at least 4 members (excludes halogenated alkanes) is 13. The van der Waals surface area contributed by atoms with Gasteiger partial charge in [0.25, 0.3) is 0 Å². The van der Waals surface area contributed by atoms with Gasteiger partial charge in [-0.1, -0.05) is 135 Å². The SMILES string of the molecule is CCCCCCCCCCCCCCCCNc1ccc(CNCCNC2CCCCCCC2)cc1. The van der Waals surface area contributed by atoms with Crippen molar-refractivity contribution in [2.24, 2.45) is 0 Å². The maximum absolute atomic E-state index is 3.77. The number of anilines is 1. The van der Waals surface area contributed by atoms with Crippen LogP contribution in [0.4, 0.5) is 5.69 Å². The maximum Gasteiger partial charge on any atom is 0.0340 e. The molecule has 1 aliphatic carbocycles. The van der Waals surface area contributed by atoms with Crippen LogP contribution in [0.3, 0.4) is 0 Å². The van der Waals surface area contributed by atoms with Crippen LogP contribution in [0.25, 0.3) is 0 Å². The summed E-state index contributed by atoms with van der Waals surface area (Å²) in [5, 5.41) is 11.0. The molecule has 0 aliphatic heterocycles. The molecule has 3 nitrogen and oxygen atoms in total. The van der Waals surface area contributed by atoms with Gasteiger partial charge < -0.3 is 16.0 Å². The first-order valence-electron chi connectivity index (χ1n) is 16.2. The molecule has 0 radical (unpaired) electrons. The van der Waals surface area contributed by atoms with Crippen molar-refractivity contribution in [3.63, 3.8) is 0 Å². The molecular formula is C33H61N3. The quantitative estimate of drug-likeness (QED) is 0.139. The Bertz CT molecular complexity index is 577. The number of rotatable bonds is 22. The summed E-state index contributed by atoms with van der Waals surface area (Å²) in [6, 6.07) is 9.77. The summed E-state index contributed by atoms with van der Waals surface area (Å²) in [6.45, 7) is 6.50. The van der Waals surface area contributed by atoms with Crippen LogP contribution >= 0.6 is 0 Å². The molecule has 0 bridgehead atoms. The normalized spacial score (nSPS) is 15.0. The van der Waals surface area contributed by atoms with Gasteiger partial charge in [0, 0.05) is 37.9 Å².